The van der Waals surface area contributed by atoms with Gasteiger partial charge in [0.15, 0.2) is 5.78 Å². The van der Waals surface area contributed by atoms with E-state index >= 15 is 0 Å². The molecule has 2 aliphatic rings. The number of ketones is 1. The summed E-state index contributed by atoms with van der Waals surface area (Å²) in [6, 6.07) is 6.67. The zero-order chi connectivity index (χ0) is 26.5. The SMILES string of the molecule is CCCC(NC(=O)c1ccc(OC(F)F)cc1)C(=O)N1CCC2C1C(=O)CN2C(=O)Cc1cccnc1. The number of Topliss-reactive ketones (excluding diaryl/α,β-unsaturated/α-hetero) is 1. The number of nitrogens with one attached hydrogen (secondary N) is 1. The van der Waals surface area contributed by atoms with Crippen molar-refractivity contribution >= 4 is 23.5 Å². The third-order valence-corrected chi connectivity index (χ3v) is 6.63. The predicted octanol–water partition coefficient (Wildman–Crippen LogP) is 2.20. The number of nitrogens with zero attached hydrogens (tertiary/aromatic N) is 3. The number of ether oxygens (including phenoxy) is 1. The Morgan fingerprint density at radius 2 is 1.92 bits per heavy atom. The van der Waals surface area contributed by atoms with Crippen LogP contribution in [0.25, 0.3) is 0 Å². The Morgan fingerprint density at radius 1 is 1.16 bits per heavy atom. The van der Waals surface area contributed by atoms with Crippen molar-refractivity contribution in [2.24, 2.45) is 0 Å². The lowest BCUT2D eigenvalue weighted by Crippen LogP contribution is -2.52. The van der Waals surface area contributed by atoms with E-state index in [0.29, 0.717) is 25.8 Å². The number of fused-ring (bicyclic) bond motifs is 1. The van der Waals surface area contributed by atoms with Crippen LogP contribution in [0.15, 0.2) is 48.8 Å². The highest BCUT2D eigenvalue weighted by Crippen LogP contribution is 2.31. The largest absolute Gasteiger partial charge is 0.435 e. The minimum atomic E-state index is -2.98. The molecule has 0 bridgehead atoms. The van der Waals surface area contributed by atoms with Gasteiger partial charge in [0.05, 0.1) is 19.0 Å². The van der Waals surface area contributed by atoms with Gasteiger partial charge >= 0.3 is 6.61 Å². The normalized spacial score (nSPS) is 19.6. The van der Waals surface area contributed by atoms with E-state index in [4.69, 9.17) is 0 Å². The molecule has 0 radical (unpaired) electrons. The first-order chi connectivity index (χ1) is 17.8. The topological polar surface area (TPSA) is 109 Å². The van der Waals surface area contributed by atoms with Gasteiger partial charge in [0, 0.05) is 24.5 Å². The highest BCUT2D eigenvalue weighted by Gasteiger charge is 2.52. The van der Waals surface area contributed by atoms with E-state index in [9.17, 15) is 28.0 Å². The minimum absolute atomic E-state index is 0.0595. The first-order valence-electron chi connectivity index (χ1n) is 12.2. The minimum Gasteiger partial charge on any atom is -0.435 e. The van der Waals surface area contributed by atoms with Crippen LogP contribution in [0, 0.1) is 0 Å². The fourth-order valence-electron chi connectivity index (χ4n) is 4.94. The van der Waals surface area contributed by atoms with Crippen molar-refractivity contribution in [2.45, 2.75) is 57.3 Å². The van der Waals surface area contributed by atoms with Crippen LogP contribution < -0.4 is 10.1 Å². The number of alkyl halides is 2. The van der Waals surface area contributed by atoms with E-state index in [-0.39, 0.29) is 41.9 Å². The summed E-state index contributed by atoms with van der Waals surface area (Å²) in [5.41, 5.74) is 0.924. The molecule has 2 aliphatic heterocycles. The molecule has 11 heteroatoms. The third-order valence-electron chi connectivity index (χ3n) is 6.63. The summed E-state index contributed by atoms with van der Waals surface area (Å²) >= 11 is 0. The molecule has 0 saturated carbocycles. The number of benzene rings is 1. The Labute approximate surface area is 212 Å². The van der Waals surface area contributed by atoms with Crippen molar-refractivity contribution < 1.29 is 32.7 Å². The molecule has 3 heterocycles. The van der Waals surface area contributed by atoms with Crippen molar-refractivity contribution in [3.63, 3.8) is 0 Å². The average Bonchev–Trinajstić information content (AvgIpc) is 3.45. The van der Waals surface area contributed by atoms with Crippen LogP contribution in [0.2, 0.25) is 0 Å². The van der Waals surface area contributed by atoms with Gasteiger partial charge < -0.3 is 19.9 Å². The summed E-state index contributed by atoms with van der Waals surface area (Å²) in [7, 11) is 0. The number of amides is 3. The smallest absolute Gasteiger partial charge is 0.387 e. The van der Waals surface area contributed by atoms with E-state index in [2.05, 4.69) is 15.0 Å². The van der Waals surface area contributed by atoms with Gasteiger partial charge in [-0.1, -0.05) is 19.4 Å². The molecule has 196 valence electrons. The molecule has 2 saturated heterocycles. The van der Waals surface area contributed by atoms with Crippen LogP contribution in [0.4, 0.5) is 8.78 Å². The van der Waals surface area contributed by atoms with Crippen LogP contribution in [-0.4, -0.2) is 76.1 Å². The Hall–Kier alpha value is -3.89. The van der Waals surface area contributed by atoms with Gasteiger partial charge in [-0.3, -0.25) is 24.2 Å². The number of carbonyl (C=O) groups excluding carboxylic acids is 4. The summed E-state index contributed by atoms with van der Waals surface area (Å²) in [5.74, 6) is -1.40. The van der Waals surface area contributed by atoms with Gasteiger partial charge in [-0.2, -0.15) is 8.78 Å². The molecular weight excluding hydrogens is 486 g/mol. The summed E-state index contributed by atoms with van der Waals surface area (Å²) in [6.45, 7) is -0.868. The van der Waals surface area contributed by atoms with Crippen LogP contribution >= 0.6 is 0 Å². The first kappa shape index (κ1) is 26.2. The van der Waals surface area contributed by atoms with Gasteiger partial charge in [-0.25, -0.2) is 0 Å². The maximum atomic E-state index is 13.5. The number of hydrogen-bond acceptors (Lipinski definition) is 6. The van der Waals surface area contributed by atoms with Crippen molar-refractivity contribution in [1.82, 2.24) is 20.1 Å². The van der Waals surface area contributed by atoms with Crippen molar-refractivity contribution in [3.05, 3.63) is 59.9 Å². The van der Waals surface area contributed by atoms with Crippen LogP contribution in [0.3, 0.4) is 0 Å². The fourth-order valence-corrected chi connectivity index (χ4v) is 4.94. The lowest BCUT2D eigenvalue weighted by atomic mass is 10.1. The number of rotatable bonds is 9. The zero-order valence-electron chi connectivity index (χ0n) is 20.3. The molecule has 3 amide bonds. The quantitative estimate of drug-likeness (QED) is 0.550. The van der Waals surface area contributed by atoms with E-state index in [0.717, 1.165) is 5.56 Å². The molecule has 2 aromatic rings. The van der Waals surface area contributed by atoms with Crippen LogP contribution in [0.5, 0.6) is 5.75 Å². The summed E-state index contributed by atoms with van der Waals surface area (Å²) in [6.07, 6.45) is 4.76. The van der Waals surface area contributed by atoms with E-state index in [1.165, 1.54) is 29.2 Å². The number of carbonyl (C=O) groups is 4. The summed E-state index contributed by atoms with van der Waals surface area (Å²) in [5, 5.41) is 2.71. The Balaban J connectivity index is 1.42. The van der Waals surface area contributed by atoms with Crippen LogP contribution in [0.1, 0.15) is 42.1 Å². The second-order valence-corrected chi connectivity index (χ2v) is 9.08. The molecule has 0 aliphatic carbocycles. The number of halogens is 2. The third kappa shape index (κ3) is 5.92. The van der Waals surface area contributed by atoms with Gasteiger partial charge in [-0.15, -0.1) is 0 Å². The molecule has 37 heavy (non-hydrogen) atoms. The molecule has 4 rings (SSSR count). The Bertz CT molecular complexity index is 1150. The van der Waals surface area contributed by atoms with E-state index in [1.54, 1.807) is 29.4 Å². The zero-order valence-corrected chi connectivity index (χ0v) is 20.3. The highest BCUT2D eigenvalue weighted by atomic mass is 19.3. The average molecular weight is 515 g/mol. The number of aromatic nitrogens is 1. The molecule has 3 atom stereocenters. The molecule has 1 N–H and O–H groups in total. The van der Waals surface area contributed by atoms with Gasteiger partial charge in [0.1, 0.15) is 17.8 Å². The summed E-state index contributed by atoms with van der Waals surface area (Å²) in [4.78, 5) is 59.2. The second kappa shape index (κ2) is 11.4. The van der Waals surface area contributed by atoms with Crippen molar-refractivity contribution in [2.75, 3.05) is 13.1 Å². The standard InChI is InChI=1S/C26H28F2N4O5/c1-2-4-19(30-24(35)17-6-8-18(9-7-17)37-26(27)28)25(36)31-12-10-20-23(31)21(33)15-32(20)22(34)13-16-5-3-11-29-14-16/h3,5-9,11,14,19-20,23,26H,2,4,10,12-13,15H2,1H3,(H,30,35). The molecule has 0 spiro atoms. The van der Waals surface area contributed by atoms with Gasteiger partial charge in [0.25, 0.3) is 5.91 Å². The fraction of sp³-hybridized carbons (Fsp3) is 0.423. The van der Waals surface area contributed by atoms with E-state index in [1.807, 2.05) is 6.92 Å². The molecule has 1 aromatic carbocycles. The van der Waals surface area contributed by atoms with Gasteiger partial charge in [0.2, 0.25) is 11.8 Å². The maximum Gasteiger partial charge on any atom is 0.387 e. The highest BCUT2D eigenvalue weighted by molar-refractivity contribution is 6.01. The van der Waals surface area contributed by atoms with Gasteiger partial charge in [-0.05, 0) is 48.7 Å². The molecule has 2 fully saturated rings. The van der Waals surface area contributed by atoms with E-state index < -0.39 is 30.6 Å². The molecule has 3 unspecified atom stereocenters. The van der Waals surface area contributed by atoms with Crippen molar-refractivity contribution in [3.8, 4) is 5.75 Å². The number of hydrogen-bond donors (Lipinski definition) is 1. The Morgan fingerprint density at radius 3 is 2.57 bits per heavy atom. The number of likely N-dealkylation sites (tertiary alicyclic amines) is 2. The monoisotopic (exact) mass is 514 g/mol. The number of pyridine rings is 1. The van der Waals surface area contributed by atoms with Crippen molar-refractivity contribution in [1.29, 1.82) is 0 Å². The molecule has 9 nitrogen and oxygen atoms in total. The second-order valence-electron chi connectivity index (χ2n) is 9.08. The first-order valence-corrected chi connectivity index (χ1v) is 12.2. The maximum absolute atomic E-state index is 13.5. The van der Waals surface area contributed by atoms with Crippen LogP contribution in [-0.2, 0) is 20.8 Å². The summed E-state index contributed by atoms with van der Waals surface area (Å²) < 4.78 is 29.0. The lowest BCUT2D eigenvalue weighted by Gasteiger charge is -2.28. The molecule has 1 aromatic heterocycles. The predicted molar refractivity (Wildman–Crippen MR) is 128 cm³/mol. The lowest BCUT2D eigenvalue weighted by molar-refractivity contribution is -0.138. The Kier molecular flexibility index (Phi) is 8.10. The molecular formula is C26H28F2N4O5.